The number of hydrogen-bond acceptors (Lipinski definition) is 2. The Morgan fingerprint density at radius 2 is 2.00 bits per heavy atom. The molecule has 1 aromatic heterocycles. The standard InChI is InChI=1S/C14H17BN2O/c1-9-16-12-10(8-14(2,3)4)6-5-7-11(12)13(18)17(9)15/h5-7H,8H2,1-4H3. The Morgan fingerprint density at radius 3 is 2.61 bits per heavy atom. The van der Waals surface area contributed by atoms with E-state index in [0.29, 0.717) is 11.2 Å². The number of aromatic nitrogens is 2. The van der Waals surface area contributed by atoms with Gasteiger partial charge in [0.2, 0.25) is 13.5 Å². The molecule has 0 fully saturated rings. The molecule has 2 radical (unpaired) electrons. The minimum absolute atomic E-state index is 0.154. The van der Waals surface area contributed by atoms with Crippen molar-refractivity contribution >= 4 is 18.9 Å². The first-order chi connectivity index (χ1) is 8.29. The Balaban J connectivity index is 2.74. The van der Waals surface area contributed by atoms with Crippen LogP contribution in [0.5, 0.6) is 0 Å². The van der Waals surface area contributed by atoms with Crippen LogP contribution in [0.15, 0.2) is 23.0 Å². The maximum Gasteiger partial charge on any atom is 0.248 e. The lowest BCUT2D eigenvalue weighted by Gasteiger charge is -2.19. The Bertz CT molecular complexity index is 653. The lowest BCUT2D eigenvalue weighted by Crippen LogP contribution is -2.23. The van der Waals surface area contributed by atoms with Crippen LogP contribution in [0.25, 0.3) is 10.9 Å². The minimum Gasteiger partial charge on any atom is -0.354 e. The van der Waals surface area contributed by atoms with E-state index in [1.807, 2.05) is 12.1 Å². The summed E-state index contributed by atoms with van der Waals surface area (Å²) < 4.78 is 1.10. The van der Waals surface area contributed by atoms with Gasteiger partial charge in [-0.25, -0.2) is 4.98 Å². The van der Waals surface area contributed by atoms with E-state index in [4.69, 9.17) is 7.98 Å². The summed E-state index contributed by atoms with van der Waals surface area (Å²) in [5, 5.41) is 0.588. The lowest BCUT2D eigenvalue weighted by atomic mass is 9.87. The third kappa shape index (κ3) is 2.33. The first-order valence-corrected chi connectivity index (χ1v) is 6.06. The molecule has 0 spiro atoms. The molecule has 2 rings (SSSR count). The van der Waals surface area contributed by atoms with Gasteiger partial charge in [0.15, 0.2) is 0 Å². The zero-order chi connectivity index (χ0) is 13.5. The predicted molar refractivity (Wildman–Crippen MR) is 75.1 cm³/mol. The van der Waals surface area contributed by atoms with Crippen molar-refractivity contribution in [2.45, 2.75) is 34.1 Å². The van der Waals surface area contributed by atoms with Gasteiger partial charge in [0.05, 0.1) is 16.7 Å². The number of fused-ring (bicyclic) bond motifs is 1. The van der Waals surface area contributed by atoms with Gasteiger partial charge >= 0.3 is 0 Å². The zero-order valence-electron chi connectivity index (χ0n) is 11.3. The second-order valence-corrected chi connectivity index (χ2v) is 5.88. The number of hydrogen-bond donors (Lipinski definition) is 0. The molecule has 4 heteroatoms. The van der Waals surface area contributed by atoms with Crippen molar-refractivity contribution in [2.24, 2.45) is 5.41 Å². The Morgan fingerprint density at radius 1 is 1.33 bits per heavy atom. The maximum atomic E-state index is 12.1. The van der Waals surface area contributed by atoms with Crippen molar-refractivity contribution in [1.82, 2.24) is 9.46 Å². The van der Waals surface area contributed by atoms with Gasteiger partial charge in [-0.2, -0.15) is 0 Å². The van der Waals surface area contributed by atoms with Crippen molar-refractivity contribution in [2.75, 3.05) is 0 Å². The average Bonchev–Trinajstić information content (AvgIpc) is 2.25. The highest BCUT2D eigenvalue weighted by atomic mass is 16.1. The van der Waals surface area contributed by atoms with Crippen LogP contribution in [0.3, 0.4) is 0 Å². The fourth-order valence-electron chi connectivity index (χ4n) is 2.10. The van der Waals surface area contributed by atoms with Gasteiger partial charge in [-0.1, -0.05) is 32.9 Å². The maximum absolute atomic E-state index is 12.1. The Hall–Kier alpha value is -1.58. The van der Waals surface area contributed by atoms with Gasteiger partial charge in [-0.15, -0.1) is 0 Å². The van der Waals surface area contributed by atoms with Crippen molar-refractivity contribution < 1.29 is 0 Å². The van der Waals surface area contributed by atoms with Gasteiger partial charge in [0, 0.05) is 0 Å². The summed E-state index contributed by atoms with van der Waals surface area (Å²) in [6, 6.07) is 5.70. The Labute approximate surface area is 108 Å². The van der Waals surface area contributed by atoms with Gasteiger partial charge in [-0.3, -0.25) is 4.79 Å². The summed E-state index contributed by atoms with van der Waals surface area (Å²) in [5.41, 5.74) is 1.84. The molecule has 1 aromatic carbocycles. The summed E-state index contributed by atoms with van der Waals surface area (Å²) in [5.74, 6) is 0.536. The van der Waals surface area contributed by atoms with E-state index < -0.39 is 0 Å². The van der Waals surface area contributed by atoms with E-state index in [0.717, 1.165) is 22.0 Å². The highest BCUT2D eigenvalue weighted by Gasteiger charge is 2.15. The van der Waals surface area contributed by atoms with E-state index >= 15 is 0 Å². The first-order valence-electron chi connectivity index (χ1n) is 6.06. The predicted octanol–water partition coefficient (Wildman–Crippen LogP) is 2.23. The number of aryl methyl sites for hydroxylation is 1. The van der Waals surface area contributed by atoms with E-state index in [1.54, 1.807) is 13.0 Å². The zero-order valence-corrected chi connectivity index (χ0v) is 11.3. The number of nitrogens with zero attached hydrogens (tertiary/aromatic N) is 2. The van der Waals surface area contributed by atoms with Gasteiger partial charge in [0.1, 0.15) is 0 Å². The van der Waals surface area contributed by atoms with Crippen LogP contribution >= 0.6 is 0 Å². The molecule has 0 aliphatic heterocycles. The first kappa shape index (κ1) is 12.9. The summed E-state index contributed by atoms with van der Waals surface area (Å²) in [6.07, 6.45) is 0.880. The van der Waals surface area contributed by atoms with Crippen LogP contribution in [0, 0.1) is 12.3 Å². The molecule has 0 N–H and O–H groups in total. The molecule has 1 heterocycles. The quantitative estimate of drug-likeness (QED) is 0.716. The van der Waals surface area contributed by atoms with Crippen LogP contribution in [0.4, 0.5) is 0 Å². The van der Waals surface area contributed by atoms with Crippen LogP contribution in [0.1, 0.15) is 32.2 Å². The van der Waals surface area contributed by atoms with Crippen molar-refractivity contribution in [1.29, 1.82) is 0 Å². The fraction of sp³-hybridized carbons (Fsp3) is 0.429. The molecule has 0 aliphatic rings. The highest BCUT2D eigenvalue weighted by Crippen LogP contribution is 2.24. The summed E-state index contributed by atoms with van der Waals surface area (Å²) in [4.78, 5) is 16.5. The van der Waals surface area contributed by atoms with Crippen molar-refractivity contribution in [3.8, 4) is 0 Å². The SMILES string of the molecule is [B]n1c(C)nc2c(CC(C)(C)C)cccc2c1=O. The second kappa shape index (κ2) is 4.27. The monoisotopic (exact) mass is 240 g/mol. The molecular formula is C14H17BN2O. The van der Waals surface area contributed by atoms with E-state index in [2.05, 4.69) is 25.8 Å². The fourth-order valence-corrected chi connectivity index (χ4v) is 2.10. The average molecular weight is 240 g/mol. The number of rotatable bonds is 1. The molecule has 2 aromatic rings. The third-order valence-corrected chi connectivity index (χ3v) is 2.91. The second-order valence-electron chi connectivity index (χ2n) is 5.88. The molecule has 0 unspecified atom stereocenters. The minimum atomic E-state index is -0.187. The van der Waals surface area contributed by atoms with Gasteiger partial charge in [0.25, 0.3) is 0 Å². The lowest BCUT2D eigenvalue weighted by molar-refractivity contribution is 0.412. The number of para-hydroxylation sites is 1. The molecule has 0 saturated carbocycles. The van der Waals surface area contributed by atoms with Crippen LogP contribution < -0.4 is 5.56 Å². The number of benzene rings is 1. The van der Waals surface area contributed by atoms with E-state index in [-0.39, 0.29) is 11.0 Å². The summed E-state index contributed by atoms with van der Waals surface area (Å²) >= 11 is 0. The van der Waals surface area contributed by atoms with Crippen molar-refractivity contribution in [3.63, 3.8) is 0 Å². The molecule has 0 bridgehead atoms. The molecular weight excluding hydrogens is 223 g/mol. The molecule has 0 amide bonds. The molecule has 3 nitrogen and oxygen atoms in total. The van der Waals surface area contributed by atoms with Crippen LogP contribution in [-0.2, 0) is 6.42 Å². The summed E-state index contributed by atoms with van der Waals surface area (Å²) in [6.45, 7) is 8.25. The van der Waals surface area contributed by atoms with E-state index in [1.165, 1.54) is 0 Å². The van der Waals surface area contributed by atoms with Crippen LogP contribution in [0.2, 0.25) is 0 Å². The molecule has 0 aliphatic carbocycles. The molecule has 0 saturated heterocycles. The topological polar surface area (TPSA) is 34.9 Å². The highest BCUT2D eigenvalue weighted by molar-refractivity contribution is 6.07. The largest absolute Gasteiger partial charge is 0.354 e. The Kier molecular flexibility index (Phi) is 3.05. The van der Waals surface area contributed by atoms with Crippen molar-refractivity contribution in [3.05, 3.63) is 39.9 Å². The normalized spacial score (nSPS) is 12.0. The summed E-state index contributed by atoms with van der Waals surface area (Å²) in [7, 11) is 5.67. The molecule has 18 heavy (non-hydrogen) atoms. The molecule has 92 valence electrons. The molecule has 0 atom stereocenters. The van der Waals surface area contributed by atoms with Gasteiger partial charge in [-0.05, 0) is 30.4 Å². The van der Waals surface area contributed by atoms with Crippen LogP contribution in [-0.4, -0.2) is 17.4 Å². The smallest absolute Gasteiger partial charge is 0.248 e. The third-order valence-electron chi connectivity index (χ3n) is 2.91. The van der Waals surface area contributed by atoms with Gasteiger partial charge < -0.3 is 4.48 Å². The van der Waals surface area contributed by atoms with E-state index in [9.17, 15) is 4.79 Å².